The number of rotatable bonds is 5. The zero-order valence-electron chi connectivity index (χ0n) is 12.0. The predicted octanol–water partition coefficient (Wildman–Crippen LogP) is 1.11. The van der Waals surface area contributed by atoms with Crippen molar-refractivity contribution in [3.05, 3.63) is 48.3 Å². The molecule has 1 atom stereocenters. The van der Waals surface area contributed by atoms with Gasteiger partial charge in [0, 0.05) is 11.8 Å². The van der Waals surface area contributed by atoms with Crippen LogP contribution in [0.1, 0.15) is 11.6 Å². The minimum Gasteiger partial charge on any atom is -0.335 e. The first-order valence-electron chi connectivity index (χ1n) is 6.54. The molecule has 1 aromatic heterocycles. The minimum absolute atomic E-state index is 0.195. The van der Waals surface area contributed by atoms with Gasteiger partial charge in [-0.25, -0.2) is 4.68 Å². The quantitative estimate of drug-likeness (QED) is 0.892. The van der Waals surface area contributed by atoms with Crippen molar-refractivity contribution < 1.29 is 4.79 Å². The Bertz CT molecular complexity index is 642. The lowest BCUT2D eigenvalue weighted by Crippen LogP contribution is -2.35. The van der Waals surface area contributed by atoms with Gasteiger partial charge < -0.3 is 10.2 Å². The number of nitrogens with zero attached hydrogens (tertiary/aromatic N) is 4. The number of carbonyl (C=O) groups is 1. The van der Waals surface area contributed by atoms with Gasteiger partial charge in [0.15, 0.2) is 0 Å². The van der Waals surface area contributed by atoms with Crippen molar-refractivity contribution in [1.82, 2.24) is 20.0 Å². The van der Waals surface area contributed by atoms with Crippen LogP contribution in [-0.4, -0.2) is 41.2 Å². The highest BCUT2D eigenvalue weighted by Gasteiger charge is 2.16. The molecule has 6 heteroatoms. The van der Waals surface area contributed by atoms with E-state index in [1.54, 1.807) is 36.1 Å². The maximum absolute atomic E-state index is 11.7. The van der Waals surface area contributed by atoms with E-state index in [1.807, 2.05) is 30.3 Å². The summed E-state index contributed by atoms with van der Waals surface area (Å²) < 4.78 is 1.68. The number of aromatic nitrogens is 2. The lowest BCUT2D eigenvalue weighted by Gasteiger charge is -2.13. The molecule has 0 radical (unpaired) electrons. The van der Waals surface area contributed by atoms with E-state index in [-0.39, 0.29) is 12.5 Å². The molecule has 1 N–H and O–H groups in total. The van der Waals surface area contributed by atoms with E-state index in [0.717, 1.165) is 5.69 Å². The zero-order chi connectivity index (χ0) is 15.2. The number of likely N-dealkylation sites (N-methyl/N-ethyl adjacent to an activating group) is 1. The van der Waals surface area contributed by atoms with Crippen LogP contribution in [0.15, 0.2) is 42.7 Å². The third kappa shape index (κ3) is 3.91. The van der Waals surface area contributed by atoms with Gasteiger partial charge >= 0.3 is 0 Å². The minimum atomic E-state index is -0.699. The molecule has 6 nitrogen and oxygen atoms in total. The zero-order valence-corrected chi connectivity index (χ0v) is 12.0. The first-order valence-corrected chi connectivity index (χ1v) is 6.54. The maximum Gasteiger partial charge on any atom is 0.235 e. The molecule has 0 aliphatic heterocycles. The molecule has 1 aromatic carbocycles. The van der Waals surface area contributed by atoms with Crippen molar-refractivity contribution in [3.63, 3.8) is 0 Å². The highest BCUT2D eigenvalue weighted by Crippen LogP contribution is 2.14. The van der Waals surface area contributed by atoms with Gasteiger partial charge in [0.1, 0.15) is 6.04 Å². The summed E-state index contributed by atoms with van der Waals surface area (Å²) in [4.78, 5) is 13.5. The van der Waals surface area contributed by atoms with Gasteiger partial charge in [-0.3, -0.25) is 4.79 Å². The Morgan fingerprint density at radius 1 is 1.43 bits per heavy atom. The molecule has 0 aliphatic rings. The van der Waals surface area contributed by atoms with Gasteiger partial charge in [0.05, 0.1) is 24.5 Å². The standard InChI is InChI=1S/C15H17N5O/c1-19(2)11-15(21)18-14(8-16)12-9-17-20(10-12)13-6-4-3-5-7-13/h3-7,9-10,14H,11H2,1-2H3,(H,18,21)/t14-/m0/s1. The third-order valence-corrected chi connectivity index (χ3v) is 2.85. The lowest BCUT2D eigenvalue weighted by atomic mass is 10.2. The Balaban J connectivity index is 2.12. The summed E-state index contributed by atoms with van der Waals surface area (Å²) in [6, 6.07) is 11.0. The van der Waals surface area contributed by atoms with Crippen molar-refractivity contribution in [1.29, 1.82) is 5.26 Å². The second-order valence-corrected chi connectivity index (χ2v) is 4.92. The summed E-state index contributed by atoms with van der Waals surface area (Å²) in [7, 11) is 3.60. The Labute approximate surface area is 123 Å². The van der Waals surface area contributed by atoms with Crippen LogP contribution < -0.4 is 5.32 Å². The summed E-state index contributed by atoms with van der Waals surface area (Å²) in [5.74, 6) is -0.195. The molecule has 0 spiro atoms. The SMILES string of the molecule is CN(C)CC(=O)N[C@@H](C#N)c1cnn(-c2ccccc2)c1. The summed E-state index contributed by atoms with van der Waals surface area (Å²) in [6.07, 6.45) is 3.34. The predicted molar refractivity (Wildman–Crippen MR) is 78.6 cm³/mol. The van der Waals surface area contributed by atoms with E-state index in [0.29, 0.717) is 5.56 Å². The number of nitriles is 1. The molecule has 21 heavy (non-hydrogen) atoms. The first-order chi connectivity index (χ1) is 10.1. The van der Waals surface area contributed by atoms with Gasteiger partial charge in [-0.15, -0.1) is 0 Å². The molecule has 2 aromatic rings. The summed E-state index contributed by atoms with van der Waals surface area (Å²) >= 11 is 0. The molecule has 2 rings (SSSR count). The molecule has 0 unspecified atom stereocenters. The van der Waals surface area contributed by atoms with Crippen molar-refractivity contribution in [2.75, 3.05) is 20.6 Å². The fourth-order valence-electron chi connectivity index (χ4n) is 1.89. The Hall–Kier alpha value is -2.65. The molecule has 0 saturated carbocycles. The second kappa shape index (κ2) is 6.68. The molecule has 0 fully saturated rings. The van der Waals surface area contributed by atoms with E-state index in [1.165, 1.54) is 0 Å². The van der Waals surface area contributed by atoms with Gasteiger partial charge in [0.25, 0.3) is 0 Å². The topological polar surface area (TPSA) is 74.0 Å². The summed E-state index contributed by atoms with van der Waals surface area (Å²) in [6.45, 7) is 0.241. The molecule has 1 heterocycles. The van der Waals surface area contributed by atoms with Crippen LogP contribution in [0.4, 0.5) is 0 Å². The third-order valence-electron chi connectivity index (χ3n) is 2.85. The number of carbonyl (C=O) groups excluding carboxylic acids is 1. The van der Waals surface area contributed by atoms with Crippen LogP contribution in [0.5, 0.6) is 0 Å². The van der Waals surface area contributed by atoms with Gasteiger partial charge in [-0.05, 0) is 26.2 Å². The van der Waals surface area contributed by atoms with E-state index in [2.05, 4.69) is 16.5 Å². The number of hydrogen-bond donors (Lipinski definition) is 1. The van der Waals surface area contributed by atoms with E-state index >= 15 is 0 Å². The molecule has 0 saturated heterocycles. The summed E-state index contributed by atoms with van der Waals surface area (Å²) in [5, 5.41) is 16.1. The van der Waals surface area contributed by atoms with Crippen LogP contribution in [0.3, 0.4) is 0 Å². The number of benzene rings is 1. The van der Waals surface area contributed by atoms with Gasteiger partial charge in [-0.2, -0.15) is 10.4 Å². The van der Waals surface area contributed by atoms with Gasteiger partial charge in [-0.1, -0.05) is 18.2 Å². The van der Waals surface area contributed by atoms with Crippen LogP contribution >= 0.6 is 0 Å². The van der Waals surface area contributed by atoms with E-state index in [4.69, 9.17) is 0 Å². The maximum atomic E-state index is 11.7. The first kappa shape index (κ1) is 14.8. The van der Waals surface area contributed by atoms with Crippen molar-refractivity contribution in [3.8, 4) is 11.8 Å². The molecule has 1 amide bonds. The average Bonchev–Trinajstić information content (AvgIpc) is 2.94. The van der Waals surface area contributed by atoms with Crippen LogP contribution in [-0.2, 0) is 4.79 Å². The number of nitrogens with one attached hydrogen (secondary N) is 1. The number of para-hydroxylation sites is 1. The Morgan fingerprint density at radius 2 is 2.14 bits per heavy atom. The van der Waals surface area contributed by atoms with Crippen LogP contribution in [0, 0.1) is 11.3 Å². The van der Waals surface area contributed by atoms with E-state index in [9.17, 15) is 10.1 Å². The fraction of sp³-hybridized carbons (Fsp3) is 0.267. The van der Waals surface area contributed by atoms with Crippen molar-refractivity contribution in [2.24, 2.45) is 0 Å². The second-order valence-electron chi connectivity index (χ2n) is 4.92. The monoisotopic (exact) mass is 283 g/mol. The van der Waals surface area contributed by atoms with Gasteiger partial charge in [0.2, 0.25) is 5.91 Å². The summed E-state index contributed by atoms with van der Waals surface area (Å²) in [5.41, 5.74) is 1.56. The molecule has 0 bridgehead atoms. The number of hydrogen-bond acceptors (Lipinski definition) is 4. The Kier molecular flexibility index (Phi) is 4.69. The molecular weight excluding hydrogens is 266 g/mol. The average molecular weight is 283 g/mol. The molecule has 108 valence electrons. The van der Waals surface area contributed by atoms with E-state index < -0.39 is 6.04 Å². The highest BCUT2D eigenvalue weighted by molar-refractivity contribution is 5.78. The fourth-order valence-corrected chi connectivity index (χ4v) is 1.89. The smallest absolute Gasteiger partial charge is 0.235 e. The molecular formula is C15H17N5O. The Morgan fingerprint density at radius 3 is 2.76 bits per heavy atom. The lowest BCUT2D eigenvalue weighted by molar-refractivity contribution is -0.122. The van der Waals surface area contributed by atoms with Crippen LogP contribution in [0.25, 0.3) is 5.69 Å². The van der Waals surface area contributed by atoms with Crippen LogP contribution in [0.2, 0.25) is 0 Å². The molecule has 0 aliphatic carbocycles. The highest BCUT2D eigenvalue weighted by atomic mass is 16.2. The normalized spacial score (nSPS) is 11.9. The van der Waals surface area contributed by atoms with Crippen molar-refractivity contribution >= 4 is 5.91 Å². The van der Waals surface area contributed by atoms with Crippen molar-refractivity contribution in [2.45, 2.75) is 6.04 Å². The number of amides is 1. The largest absolute Gasteiger partial charge is 0.335 e.